The van der Waals surface area contributed by atoms with E-state index in [0.717, 1.165) is 41.3 Å². The van der Waals surface area contributed by atoms with Crippen LogP contribution in [-0.2, 0) is 22.4 Å². The van der Waals surface area contributed by atoms with E-state index in [0.29, 0.717) is 12.8 Å². The number of fused-ring (bicyclic) bond motifs is 1. The lowest BCUT2D eigenvalue weighted by Gasteiger charge is -2.35. The number of aromatic amines is 1. The van der Waals surface area contributed by atoms with Crippen molar-refractivity contribution in [1.82, 2.24) is 10.3 Å². The van der Waals surface area contributed by atoms with Crippen LogP contribution in [0, 0.1) is 5.92 Å². The number of primary amides is 1. The summed E-state index contributed by atoms with van der Waals surface area (Å²) in [5.74, 6) is -0.341. The average molecular weight is 561 g/mol. The standard InChI is InChI=1S/C32H44N6O3/c1-3-4-5-6-7-9-14-24(2)20-32(41-31(33)40,21-26-22-35-29-18-13-12-17-28(26)29)30(39)37-27(23-36-38-34)19-25-15-10-8-11-16-25/h8,10-13,15-18,22,24,27,35H,3-7,9,14,19-21,23H2,1-2H3,(H2,33,40)(H,37,39). The topological polar surface area (TPSA) is 146 Å². The van der Waals surface area contributed by atoms with Gasteiger partial charge in [-0.1, -0.05) is 112 Å². The van der Waals surface area contributed by atoms with E-state index in [1.165, 1.54) is 25.7 Å². The molecule has 2 aromatic carbocycles. The highest BCUT2D eigenvalue weighted by Crippen LogP contribution is 2.32. The Bertz CT molecular complexity index is 1290. The number of carbonyl (C=O) groups is 2. The van der Waals surface area contributed by atoms with Crippen LogP contribution in [0.2, 0.25) is 0 Å². The minimum atomic E-state index is -1.54. The fraction of sp³-hybridized carbons (Fsp3) is 0.500. The second-order valence-electron chi connectivity index (χ2n) is 11.1. The number of H-pyrrole nitrogens is 1. The van der Waals surface area contributed by atoms with Crippen LogP contribution < -0.4 is 11.1 Å². The lowest BCUT2D eigenvalue weighted by molar-refractivity contribution is -0.142. The van der Waals surface area contributed by atoms with Crippen LogP contribution in [0.4, 0.5) is 4.79 Å². The summed E-state index contributed by atoms with van der Waals surface area (Å²) in [5, 5.41) is 7.75. The molecule has 0 radical (unpaired) electrons. The van der Waals surface area contributed by atoms with Crippen molar-refractivity contribution >= 4 is 22.9 Å². The van der Waals surface area contributed by atoms with E-state index in [4.69, 9.17) is 16.0 Å². The van der Waals surface area contributed by atoms with Gasteiger partial charge in [0.05, 0.1) is 0 Å². The van der Waals surface area contributed by atoms with Crippen LogP contribution >= 0.6 is 0 Å². The zero-order chi connectivity index (χ0) is 29.5. The number of nitrogens with two attached hydrogens (primary N) is 1. The number of nitrogens with one attached hydrogen (secondary N) is 2. The molecule has 4 N–H and O–H groups in total. The predicted molar refractivity (Wildman–Crippen MR) is 163 cm³/mol. The number of benzene rings is 2. The zero-order valence-corrected chi connectivity index (χ0v) is 24.4. The van der Waals surface area contributed by atoms with Gasteiger partial charge in [-0.25, -0.2) is 4.79 Å². The van der Waals surface area contributed by atoms with Gasteiger partial charge in [-0.2, -0.15) is 0 Å². The molecule has 1 heterocycles. The highest BCUT2D eigenvalue weighted by molar-refractivity contribution is 5.90. The van der Waals surface area contributed by atoms with Gasteiger partial charge in [0.2, 0.25) is 0 Å². The van der Waals surface area contributed by atoms with E-state index < -0.39 is 23.6 Å². The second-order valence-corrected chi connectivity index (χ2v) is 11.1. The Hall–Kier alpha value is -3.97. The molecule has 3 rings (SSSR count). The molecule has 0 fully saturated rings. The molecule has 220 valence electrons. The van der Waals surface area contributed by atoms with Crippen molar-refractivity contribution in [2.24, 2.45) is 16.8 Å². The molecule has 0 aliphatic heterocycles. The smallest absolute Gasteiger partial charge is 0.405 e. The second kappa shape index (κ2) is 16.3. The van der Waals surface area contributed by atoms with Crippen LogP contribution in [-0.4, -0.2) is 35.2 Å². The highest BCUT2D eigenvalue weighted by Gasteiger charge is 2.44. The summed E-state index contributed by atoms with van der Waals surface area (Å²) < 4.78 is 5.82. The maximum Gasteiger partial charge on any atom is 0.405 e. The molecule has 1 aromatic heterocycles. The van der Waals surface area contributed by atoms with E-state index in [1.54, 1.807) is 0 Å². The van der Waals surface area contributed by atoms with Gasteiger partial charge in [0.15, 0.2) is 5.60 Å². The molecule has 0 aliphatic carbocycles. The first-order valence-electron chi connectivity index (χ1n) is 14.8. The molecule has 0 saturated carbocycles. The summed E-state index contributed by atoms with van der Waals surface area (Å²) >= 11 is 0. The Balaban J connectivity index is 1.89. The number of aromatic nitrogens is 1. The molecular weight excluding hydrogens is 516 g/mol. The molecule has 3 atom stereocenters. The summed E-state index contributed by atoms with van der Waals surface area (Å²) in [7, 11) is 0. The lowest BCUT2D eigenvalue weighted by atomic mass is 9.82. The Kier molecular flexibility index (Phi) is 12.6. The third-order valence-corrected chi connectivity index (χ3v) is 7.61. The normalized spacial score (nSPS) is 14.0. The van der Waals surface area contributed by atoms with Gasteiger partial charge in [-0.05, 0) is 41.5 Å². The minimum absolute atomic E-state index is 0.0597. The number of carbonyl (C=O) groups excluding carboxylic acids is 2. The molecule has 0 aliphatic rings. The van der Waals surface area contributed by atoms with Crippen molar-refractivity contribution in [1.29, 1.82) is 0 Å². The molecular formula is C32H44N6O3. The van der Waals surface area contributed by atoms with E-state index in [2.05, 4.69) is 34.2 Å². The molecule has 0 spiro atoms. The van der Waals surface area contributed by atoms with Crippen molar-refractivity contribution in [3.8, 4) is 0 Å². The van der Waals surface area contributed by atoms with Crippen LogP contribution in [0.25, 0.3) is 21.3 Å². The number of azide groups is 1. The van der Waals surface area contributed by atoms with Crippen molar-refractivity contribution in [2.45, 2.75) is 89.7 Å². The number of amides is 2. The molecule has 41 heavy (non-hydrogen) atoms. The van der Waals surface area contributed by atoms with Gasteiger partial charge in [-0.15, -0.1) is 0 Å². The number of rotatable bonds is 18. The summed E-state index contributed by atoms with van der Waals surface area (Å²) in [6.07, 6.45) is 9.75. The first-order valence-corrected chi connectivity index (χ1v) is 14.8. The maximum absolute atomic E-state index is 14.2. The Morgan fingerprint density at radius 3 is 2.51 bits per heavy atom. The number of para-hydroxylation sites is 1. The van der Waals surface area contributed by atoms with Crippen LogP contribution in [0.5, 0.6) is 0 Å². The third-order valence-electron chi connectivity index (χ3n) is 7.61. The third kappa shape index (κ3) is 9.87. The quantitative estimate of drug-likeness (QED) is 0.0646. The monoisotopic (exact) mass is 560 g/mol. The van der Waals surface area contributed by atoms with E-state index in [1.807, 2.05) is 60.8 Å². The van der Waals surface area contributed by atoms with Gasteiger partial charge < -0.3 is 20.8 Å². The Morgan fingerprint density at radius 1 is 1.07 bits per heavy atom. The van der Waals surface area contributed by atoms with E-state index in [9.17, 15) is 9.59 Å². The minimum Gasteiger partial charge on any atom is -0.433 e. The van der Waals surface area contributed by atoms with Gasteiger partial charge in [0, 0.05) is 41.0 Å². The zero-order valence-electron chi connectivity index (χ0n) is 24.4. The molecule has 3 aromatic rings. The maximum atomic E-state index is 14.2. The molecule has 9 heteroatoms. The summed E-state index contributed by atoms with van der Waals surface area (Å²) in [5.41, 5.74) is 15.9. The van der Waals surface area contributed by atoms with Gasteiger partial charge in [0.25, 0.3) is 5.91 Å². The van der Waals surface area contributed by atoms with Crippen LogP contribution in [0.15, 0.2) is 65.9 Å². The number of hydrogen-bond donors (Lipinski definition) is 3. The van der Waals surface area contributed by atoms with E-state index in [-0.39, 0.29) is 18.9 Å². The summed E-state index contributed by atoms with van der Waals surface area (Å²) in [6.45, 7) is 4.36. The number of nitrogens with zero attached hydrogens (tertiary/aromatic N) is 3. The Labute approximate surface area is 242 Å². The van der Waals surface area contributed by atoms with Crippen LogP contribution in [0.1, 0.15) is 76.3 Å². The van der Waals surface area contributed by atoms with Gasteiger partial charge in [0.1, 0.15) is 0 Å². The SMILES string of the molecule is CCCCCCCCC(C)CC(Cc1c[nH]c2ccccc12)(OC(N)=O)C(=O)NC(CN=[N+]=[N-])Cc1ccccc1. The van der Waals surface area contributed by atoms with Crippen molar-refractivity contribution in [3.05, 3.63) is 82.4 Å². The molecule has 2 amide bonds. The highest BCUT2D eigenvalue weighted by atomic mass is 16.6. The first-order chi connectivity index (χ1) is 19.9. The number of unbranched alkanes of at least 4 members (excludes halogenated alkanes) is 5. The van der Waals surface area contributed by atoms with E-state index >= 15 is 0 Å². The largest absolute Gasteiger partial charge is 0.433 e. The number of ether oxygens (including phenoxy) is 1. The summed E-state index contributed by atoms with van der Waals surface area (Å²) in [6, 6.07) is 17.0. The first kappa shape index (κ1) is 31.6. The molecule has 3 unspecified atom stereocenters. The number of hydrogen-bond acceptors (Lipinski definition) is 4. The Morgan fingerprint density at radius 2 is 1.78 bits per heavy atom. The molecule has 9 nitrogen and oxygen atoms in total. The lowest BCUT2D eigenvalue weighted by Crippen LogP contribution is -2.56. The van der Waals surface area contributed by atoms with Gasteiger partial charge in [-0.3, -0.25) is 4.79 Å². The molecule has 0 bridgehead atoms. The molecule has 0 saturated heterocycles. The van der Waals surface area contributed by atoms with Crippen molar-refractivity contribution < 1.29 is 14.3 Å². The fourth-order valence-electron chi connectivity index (χ4n) is 5.60. The van der Waals surface area contributed by atoms with Crippen molar-refractivity contribution in [3.63, 3.8) is 0 Å². The van der Waals surface area contributed by atoms with Crippen molar-refractivity contribution in [2.75, 3.05) is 6.54 Å². The average Bonchev–Trinajstić information content (AvgIpc) is 3.36. The van der Waals surface area contributed by atoms with Crippen LogP contribution in [0.3, 0.4) is 0 Å². The summed E-state index contributed by atoms with van der Waals surface area (Å²) in [4.78, 5) is 32.7. The predicted octanol–water partition coefficient (Wildman–Crippen LogP) is 7.36. The van der Waals surface area contributed by atoms with Gasteiger partial charge >= 0.3 is 6.09 Å². The fourth-order valence-corrected chi connectivity index (χ4v) is 5.60.